The maximum atomic E-state index is 12.0. The molecule has 0 aliphatic rings. The highest BCUT2D eigenvalue weighted by molar-refractivity contribution is 5.91. The van der Waals surface area contributed by atoms with Crippen molar-refractivity contribution in [1.82, 2.24) is 9.38 Å². The van der Waals surface area contributed by atoms with Crippen molar-refractivity contribution in [2.24, 2.45) is 0 Å². The Balaban J connectivity index is 2.08. The third-order valence-corrected chi connectivity index (χ3v) is 2.94. The number of hydrogen-bond acceptors (Lipinski definition) is 6. The van der Waals surface area contributed by atoms with Gasteiger partial charge in [-0.1, -0.05) is 6.07 Å². The lowest BCUT2D eigenvalue weighted by Gasteiger charge is -2.06. The molecule has 120 valence electrons. The molecule has 23 heavy (non-hydrogen) atoms. The van der Waals surface area contributed by atoms with Gasteiger partial charge >= 0.3 is 11.9 Å². The minimum Gasteiger partial charge on any atom is -0.463 e. The van der Waals surface area contributed by atoms with Crippen LogP contribution in [0, 0.1) is 6.92 Å². The van der Waals surface area contributed by atoms with Crippen LogP contribution >= 0.6 is 0 Å². The van der Waals surface area contributed by atoms with Gasteiger partial charge in [0.25, 0.3) is 5.56 Å². The number of esters is 2. The number of aromatic nitrogens is 2. The van der Waals surface area contributed by atoms with Gasteiger partial charge in [0.1, 0.15) is 12.3 Å². The predicted octanol–water partition coefficient (Wildman–Crippen LogP) is 1.17. The lowest BCUT2D eigenvalue weighted by atomic mass is 10.3. The summed E-state index contributed by atoms with van der Waals surface area (Å²) < 4.78 is 11.0. The van der Waals surface area contributed by atoms with E-state index in [2.05, 4.69) is 9.72 Å². The standard InChI is InChI=1S/C16H16N2O5/c1-3-22-14(20)6-7-15(21)23-10-12-9-13(19)18-8-4-5-11(2)16(18)17-12/h4-9H,3,10H2,1-2H3/b7-6+. The fourth-order valence-electron chi connectivity index (χ4n) is 1.90. The molecule has 0 saturated heterocycles. The average molecular weight is 316 g/mol. The molecule has 0 N–H and O–H groups in total. The van der Waals surface area contributed by atoms with Crippen LogP contribution in [0.3, 0.4) is 0 Å². The zero-order valence-corrected chi connectivity index (χ0v) is 12.8. The first-order valence-electron chi connectivity index (χ1n) is 7.00. The van der Waals surface area contributed by atoms with Crippen LogP contribution in [0.1, 0.15) is 18.2 Å². The lowest BCUT2D eigenvalue weighted by molar-refractivity contribution is -0.141. The summed E-state index contributed by atoms with van der Waals surface area (Å²) in [7, 11) is 0. The van der Waals surface area contributed by atoms with E-state index in [9.17, 15) is 14.4 Å². The third-order valence-electron chi connectivity index (χ3n) is 2.94. The molecule has 2 aromatic heterocycles. The number of rotatable bonds is 5. The summed E-state index contributed by atoms with van der Waals surface area (Å²) in [4.78, 5) is 38.9. The van der Waals surface area contributed by atoms with Crippen molar-refractivity contribution >= 4 is 17.6 Å². The van der Waals surface area contributed by atoms with E-state index >= 15 is 0 Å². The minimum absolute atomic E-state index is 0.161. The number of fused-ring (bicyclic) bond motifs is 1. The summed E-state index contributed by atoms with van der Waals surface area (Å²) >= 11 is 0. The fourth-order valence-corrected chi connectivity index (χ4v) is 1.90. The summed E-state index contributed by atoms with van der Waals surface area (Å²) in [6.45, 7) is 3.56. The smallest absolute Gasteiger partial charge is 0.331 e. The molecule has 0 saturated carbocycles. The Kier molecular flexibility index (Phi) is 5.24. The second-order valence-corrected chi connectivity index (χ2v) is 4.66. The van der Waals surface area contributed by atoms with Crippen molar-refractivity contribution in [2.45, 2.75) is 20.5 Å². The minimum atomic E-state index is -0.718. The highest BCUT2D eigenvalue weighted by Gasteiger charge is 2.07. The lowest BCUT2D eigenvalue weighted by Crippen LogP contribution is -2.17. The molecule has 0 aliphatic carbocycles. The number of nitrogens with zero attached hydrogens (tertiary/aromatic N) is 2. The Morgan fingerprint density at radius 1 is 1.26 bits per heavy atom. The van der Waals surface area contributed by atoms with Gasteiger partial charge in [-0.15, -0.1) is 0 Å². The molecule has 0 radical (unpaired) electrons. The number of carbonyl (C=O) groups is 2. The van der Waals surface area contributed by atoms with Crippen LogP contribution in [0.25, 0.3) is 5.65 Å². The normalized spacial score (nSPS) is 10.9. The molecule has 7 nitrogen and oxygen atoms in total. The summed E-state index contributed by atoms with van der Waals surface area (Å²) in [5, 5.41) is 0. The van der Waals surface area contributed by atoms with Gasteiger partial charge in [-0.05, 0) is 25.5 Å². The average Bonchev–Trinajstić information content (AvgIpc) is 2.52. The first kappa shape index (κ1) is 16.4. The van der Waals surface area contributed by atoms with Crippen LogP contribution in [0.4, 0.5) is 0 Å². The molecule has 7 heteroatoms. The molecule has 2 rings (SSSR count). The van der Waals surface area contributed by atoms with E-state index < -0.39 is 11.9 Å². The van der Waals surface area contributed by atoms with Gasteiger partial charge in [0.2, 0.25) is 0 Å². The Morgan fingerprint density at radius 3 is 2.65 bits per heavy atom. The zero-order chi connectivity index (χ0) is 16.8. The molecule has 0 aromatic carbocycles. The molecule has 2 heterocycles. The fraction of sp³-hybridized carbons (Fsp3) is 0.250. The molecule has 0 amide bonds. The molecule has 2 aromatic rings. The van der Waals surface area contributed by atoms with Crippen molar-refractivity contribution in [1.29, 1.82) is 0 Å². The topological polar surface area (TPSA) is 87.0 Å². The monoisotopic (exact) mass is 316 g/mol. The van der Waals surface area contributed by atoms with Crippen LogP contribution < -0.4 is 5.56 Å². The van der Waals surface area contributed by atoms with Gasteiger partial charge in [0, 0.05) is 24.4 Å². The summed E-state index contributed by atoms with van der Waals surface area (Å²) in [6.07, 6.45) is 3.57. The van der Waals surface area contributed by atoms with E-state index in [-0.39, 0.29) is 18.8 Å². The van der Waals surface area contributed by atoms with Crippen LogP contribution in [-0.4, -0.2) is 27.9 Å². The number of hydrogen-bond donors (Lipinski definition) is 0. The Morgan fingerprint density at radius 2 is 1.96 bits per heavy atom. The van der Waals surface area contributed by atoms with Crippen molar-refractivity contribution < 1.29 is 19.1 Å². The van der Waals surface area contributed by atoms with Crippen molar-refractivity contribution in [2.75, 3.05) is 6.61 Å². The quantitative estimate of drug-likeness (QED) is 0.608. The van der Waals surface area contributed by atoms with Gasteiger partial charge in [-0.25, -0.2) is 14.6 Å². The van der Waals surface area contributed by atoms with Crippen molar-refractivity contribution in [3.63, 3.8) is 0 Å². The number of carbonyl (C=O) groups excluding carboxylic acids is 2. The summed E-state index contributed by atoms with van der Waals surface area (Å²) in [6, 6.07) is 4.89. The van der Waals surface area contributed by atoms with E-state index in [1.54, 1.807) is 19.2 Å². The van der Waals surface area contributed by atoms with E-state index in [4.69, 9.17) is 4.74 Å². The first-order chi connectivity index (χ1) is 11.0. The van der Waals surface area contributed by atoms with E-state index in [1.807, 2.05) is 13.0 Å². The highest BCUT2D eigenvalue weighted by atomic mass is 16.5. The van der Waals surface area contributed by atoms with Crippen LogP contribution in [0.15, 0.2) is 41.3 Å². The Bertz CT molecular complexity index is 823. The van der Waals surface area contributed by atoms with Crippen molar-refractivity contribution in [3.05, 3.63) is 58.2 Å². The van der Waals surface area contributed by atoms with Crippen LogP contribution in [0.2, 0.25) is 0 Å². The molecular weight excluding hydrogens is 300 g/mol. The highest BCUT2D eigenvalue weighted by Crippen LogP contribution is 2.06. The Labute approximate surface area is 132 Å². The second kappa shape index (κ2) is 7.35. The van der Waals surface area contributed by atoms with Gasteiger partial charge in [0.15, 0.2) is 0 Å². The number of pyridine rings is 1. The first-order valence-corrected chi connectivity index (χ1v) is 7.00. The van der Waals surface area contributed by atoms with Crippen molar-refractivity contribution in [3.8, 4) is 0 Å². The van der Waals surface area contributed by atoms with Gasteiger partial charge in [-0.2, -0.15) is 0 Å². The second-order valence-electron chi connectivity index (χ2n) is 4.66. The summed E-state index contributed by atoms with van der Waals surface area (Å²) in [5.41, 5.74) is 1.42. The summed E-state index contributed by atoms with van der Waals surface area (Å²) in [5.74, 6) is -1.34. The predicted molar refractivity (Wildman–Crippen MR) is 81.8 cm³/mol. The molecule has 0 atom stereocenters. The molecule has 0 fully saturated rings. The molecule has 0 unspecified atom stereocenters. The molecule has 0 aliphatic heterocycles. The van der Waals surface area contributed by atoms with Gasteiger partial charge in [0.05, 0.1) is 12.3 Å². The van der Waals surface area contributed by atoms with Crippen LogP contribution in [0.5, 0.6) is 0 Å². The Hall–Kier alpha value is -2.96. The number of aryl methyl sites for hydroxylation is 1. The van der Waals surface area contributed by atoms with E-state index in [1.165, 1.54) is 10.5 Å². The van der Waals surface area contributed by atoms with Gasteiger partial charge < -0.3 is 9.47 Å². The van der Waals surface area contributed by atoms with E-state index in [0.29, 0.717) is 11.3 Å². The van der Waals surface area contributed by atoms with E-state index in [0.717, 1.165) is 17.7 Å². The third kappa shape index (κ3) is 4.26. The van der Waals surface area contributed by atoms with Gasteiger partial charge in [-0.3, -0.25) is 9.20 Å². The largest absolute Gasteiger partial charge is 0.463 e. The number of ether oxygens (including phenoxy) is 2. The molecular formula is C16H16N2O5. The van der Waals surface area contributed by atoms with Crippen LogP contribution in [-0.2, 0) is 25.7 Å². The molecule has 0 bridgehead atoms. The molecule has 0 spiro atoms. The maximum absolute atomic E-state index is 12.0. The maximum Gasteiger partial charge on any atom is 0.331 e. The zero-order valence-electron chi connectivity index (χ0n) is 12.8. The SMILES string of the molecule is CCOC(=O)/C=C/C(=O)OCc1cc(=O)n2cccc(C)c2n1.